The zero-order valence-corrected chi connectivity index (χ0v) is 26.5. The van der Waals surface area contributed by atoms with Gasteiger partial charge in [-0.15, -0.1) is 0 Å². The van der Waals surface area contributed by atoms with Crippen LogP contribution in [0.2, 0.25) is 10.0 Å². The number of carboxylic acids is 1. The molecule has 1 heterocycles. The van der Waals surface area contributed by atoms with Crippen molar-refractivity contribution in [3.05, 3.63) is 99.8 Å². The average Bonchev–Trinajstić information content (AvgIpc) is 3.82. The Hall–Kier alpha value is -3.18. The van der Waals surface area contributed by atoms with Crippen LogP contribution in [0.4, 0.5) is 10.1 Å². The maximum Gasteiger partial charge on any atom is 0.306 e. The number of rotatable bonds is 11. The second-order valence-corrected chi connectivity index (χ2v) is 14.5. The number of carbonyl (C=O) groups is 2. The fraction of sp³-hybridized carbons (Fsp3) is 0.375. The topological polar surface area (TPSA) is 104 Å². The maximum atomic E-state index is 15.2. The molecule has 5 rings (SSSR count). The number of ether oxygens (including phenoxy) is 1. The third kappa shape index (κ3) is 6.73. The zero-order chi connectivity index (χ0) is 31.8. The SMILES string of the molecule is CC(C)C(CN(c1ccccc1F)S(=O)(=O)C1CC1)N1C(=O)C(CC(=O)O)OC(c2cccc(Cl)c2)C1c1ccc(Cl)cc1. The zero-order valence-electron chi connectivity index (χ0n) is 24.1. The van der Waals surface area contributed by atoms with Gasteiger partial charge in [-0.05, 0) is 66.3 Å². The second kappa shape index (κ2) is 13.0. The molecule has 3 aromatic carbocycles. The lowest BCUT2D eigenvalue weighted by Gasteiger charge is -2.50. The van der Waals surface area contributed by atoms with Crippen molar-refractivity contribution >= 4 is 50.8 Å². The van der Waals surface area contributed by atoms with Gasteiger partial charge in [-0.1, -0.05) is 73.4 Å². The number of amides is 1. The molecule has 0 aromatic heterocycles. The van der Waals surface area contributed by atoms with Crippen LogP contribution >= 0.6 is 23.2 Å². The van der Waals surface area contributed by atoms with Crippen molar-refractivity contribution in [2.24, 2.45) is 5.92 Å². The third-order valence-electron chi connectivity index (χ3n) is 8.03. The van der Waals surface area contributed by atoms with Crippen LogP contribution < -0.4 is 4.31 Å². The summed E-state index contributed by atoms with van der Waals surface area (Å²) in [7, 11) is -3.98. The van der Waals surface area contributed by atoms with Crippen LogP contribution in [0.5, 0.6) is 0 Å². The van der Waals surface area contributed by atoms with E-state index in [0.717, 1.165) is 4.31 Å². The van der Waals surface area contributed by atoms with E-state index in [-0.39, 0.29) is 18.2 Å². The van der Waals surface area contributed by atoms with Crippen LogP contribution in [0.15, 0.2) is 72.8 Å². The van der Waals surface area contributed by atoms with E-state index in [4.69, 9.17) is 27.9 Å². The van der Waals surface area contributed by atoms with Crippen molar-refractivity contribution in [1.82, 2.24) is 4.90 Å². The van der Waals surface area contributed by atoms with Crippen LogP contribution in [0.3, 0.4) is 0 Å². The molecule has 0 bridgehead atoms. The monoisotopic (exact) mass is 662 g/mol. The molecule has 8 nitrogen and oxygen atoms in total. The molecule has 44 heavy (non-hydrogen) atoms. The van der Waals surface area contributed by atoms with Crippen LogP contribution in [0.25, 0.3) is 0 Å². The molecule has 0 spiro atoms. The van der Waals surface area contributed by atoms with Crippen molar-refractivity contribution in [3.8, 4) is 0 Å². The van der Waals surface area contributed by atoms with E-state index >= 15 is 4.39 Å². The predicted molar refractivity (Wildman–Crippen MR) is 167 cm³/mol. The number of carboxylic acid groups (broad SMARTS) is 1. The van der Waals surface area contributed by atoms with Gasteiger partial charge in [0.25, 0.3) is 5.91 Å². The van der Waals surface area contributed by atoms with E-state index in [0.29, 0.717) is 34.0 Å². The summed E-state index contributed by atoms with van der Waals surface area (Å²) in [5, 5.41) is 9.95. The highest BCUT2D eigenvalue weighted by atomic mass is 35.5. The first-order valence-electron chi connectivity index (χ1n) is 14.3. The van der Waals surface area contributed by atoms with Crippen LogP contribution in [0.1, 0.15) is 56.4 Å². The van der Waals surface area contributed by atoms with Crippen molar-refractivity contribution in [2.75, 3.05) is 10.8 Å². The largest absolute Gasteiger partial charge is 0.481 e. The number of anilines is 1. The first kappa shape index (κ1) is 32.2. The summed E-state index contributed by atoms with van der Waals surface area (Å²) in [6.07, 6.45) is -1.94. The molecule has 4 atom stereocenters. The van der Waals surface area contributed by atoms with E-state index in [1.54, 1.807) is 54.6 Å². The summed E-state index contributed by atoms with van der Waals surface area (Å²) in [6, 6.07) is 17.7. The molecule has 12 heteroatoms. The first-order valence-corrected chi connectivity index (χ1v) is 16.6. The number of carbonyl (C=O) groups excluding carboxylic acids is 1. The van der Waals surface area contributed by atoms with Gasteiger partial charge in [0.1, 0.15) is 18.0 Å². The van der Waals surface area contributed by atoms with Gasteiger partial charge in [0.05, 0.1) is 36.0 Å². The Morgan fingerprint density at radius 3 is 2.30 bits per heavy atom. The molecule has 2 fully saturated rings. The molecule has 1 amide bonds. The lowest BCUT2D eigenvalue weighted by Crippen LogP contribution is -2.59. The van der Waals surface area contributed by atoms with Gasteiger partial charge in [0.15, 0.2) is 0 Å². The number of nitrogens with zero attached hydrogens (tertiary/aromatic N) is 2. The Bertz CT molecular complexity index is 1630. The van der Waals surface area contributed by atoms with Gasteiger partial charge < -0.3 is 14.7 Å². The molecule has 1 saturated heterocycles. The minimum absolute atomic E-state index is 0.109. The number of hydrogen-bond acceptors (Lipinski definition) is 5. The van der Waals surface area contributed by atoms with Crippen molar-refractivity contribution in [2.45, 2.75) is 62.7 Å². The third-order valence-corrected chi connectivity index (χ3v) is 10.8. The fourth-order valence-electron chi connectivity index (χ4n) is 5.69. The van der Waals surface area contributed by atoms with Crippen LogP contribution in [0, 0.1) is 11.7 Å². The molecule has 1 aliphatic heterocycles. The number of para-hydroxylation sites is 1. The molecular weight excluding hydrogens is 630 g/mol. The number of aliphatic carboxylic acids is 1. The number of halogens is 3. The maximum absolute atomic E-state index is 15.2. The van der Waals surface area contributed by atoms with Crippen LogP contribution in [-0.4, -0.2) is 54.2 Å². The highest BCUT2D eigenvalue weighted by molar-refractivity contribution is 7.93. The van der Waals surface area contributed by atoms with E-state index in [1.165, 1.54) is 23.1 Å². The molecule has 1 saturated carbocycles. The van der Waals surface area contributed by atoms with Crippen molar-refractivity contribution in [3.63, 3.8) is 0 Å². The molecule has 0 radical (unpaired) electrons. The lowest BCUT2D eigenvalue weighted by molar-refractivity contribution is -0.184. The highest BCUT2D eigenvalue weighted by Crippen LogP contribution is 2.46. The van der Waals surface area contributed by atoms with E-state index in [9.17, 15) is 23.1 Å². The minimum atomic E-state index is -3.98. The second-order valence-electron chi connectivity index (χ2n) is 11.5. The van der Waals surface area contributed by atoms with Crippen LogP contribution in [-0.2, 0) is 24.3 Å². The van der Waals surface area contributed by atoms with Gasteiger partial charge in [-0.2, -0.15) is 0 Å². The van der Waals surface area contributed by atoms with E-state index in [2.05, 4.69) is 0 Å². The summed E-state index contributed by atoms with van der Waals surface area (Å²) < 4.78 is 50.2. The number of benzene rings is 3. The summed E-state index contributed by atoms with van der Waals surface area (Å²) in [4.78, 5) is 27.8. The smallest absolute Gasteiger partial charge is 0.306 e. The summed E-state index contributed by atoms with van der Waals surface area (Å²) in [6.45, 7) is 3.43. The van der Waals surface area contributed by atoms with E-state index < -0.39 is 63.7 Å². The quantitative estimate of drug-likeness (QED) is 0.247. The Morgan fingerprint density at radius 1 is 1.02 bits per heavy atom. The van der Waals surface area contributed by atoms with Gasteiger partial charge in [0, 0.05) is 10.0 Å². The molecule has 4 unspecified atom stereocenters. The van der Waals surface area contributed by atoms with Crippen molar-refractivity contribution in [1.29, 1.82) is 0 Å². The molecule has 234 valence electrons. The first-order chi connectivity index (χ1) is 20.9. The average molecular weight is 664 g/mol. The molecule has 1 aliphatic carbocycles. The molecular formula is C32H33Cl2FN2O6S. The summed E-state index contributed by atoms with van der Waals surface area (Å²) >= 11 is 12.6. The Labute approximate surface area is 266 Å². The number of hydrogen-bond donors (Lipinski definition) is 1. The summed E-state index contributed by atoms with van der Waals surface area (Å²) in [5.41, 5.74) is 1.13. The summed E-state index contributed by atoms with van der Waals surface area (Å²) in [5.74, 6) is -2.89. The minimum Gasteiger partial charge on any atom is -0.481 e. The normalized spacial score (nSPS) is 21.4. The van der Waals surface area contributed by atoms with Gasteiger partial charge in [-0.3, -0.25) is 13.9 Å². The molecule has 1 N–H and O–H groups in total. The number of morpholine rings is 1. The van der Waals surface area contributed by atoms with Crippen molar-refractivity contribution < 1.29 is 32.2 Å². The predicted octanol–water partition coefficient (Wildman–Crippen LogP) is 6.64. The standard InChI is InChI=1S/C32H33Cl2FN2O6S/c1-19(2)27(18-36(44(41,42)24-14-15-24)26-9-4-3-8-25(26)35)37-30(20-10-12-22(33)13-11-20)31(21-6-5-7-23(34)16-21)43-28(32(37)40)17-29(38)39/h3-13,16,19,24,27-28,30-31H,14-15,17-18H2,1-2H3,(H,38,39). The molecule has 3 aromatic rings. The van der Waals surface area contributed by atoms with Gasteiger partial charge in [0.2, 0.25) is 10.0 Å². The Balaban J connectivity index is 1.69. The molecule has 2 aliphatic rings. The van der Waals surface area contributed by atoms with Gasteiger partial charge >= 0.3 is 5.97 Å². The van der Waals surface area contributed by atoms with Gasteiger partial charge in [-0.25, -0.2) is 12.8 Å². The number of sulfonamides is 1. The highest BCUT2D eigenvalue weighted by Gasteiger charge is 2.50. The Morgan fingerprint density at radius 2 is 1.70 bits per heavy atom. The van der Waals surface area contributed by atoms with E-state index in [1.807, 2.05) is 13.8 Å². The Kier molecular flexibility index (Phi) is 9.55. The fourth-order valence-corrected chi connectivity index (χ4v) is 7.89. The lowest BCUT2D eigenvalue weighted by atomic mass is 9.88.